The van der Waals surface area contributed by atoms with Gasteiger partial charge in [0.15, 0.2) is 0 Å². The van der Waals surface area contributed by atoms with Gasteiger partial charge >= 0.3 is 0 Å². The number of nitrogens with one attached hydrogen (secondary N) is 2. The molecule has 5 nitrogen and oxygen atoms in total. The van der Waals surface area contributed by atoms with Crippen molar-refractivity contribution in [3.63, 3.8) is 0 Å². The van der Waals surface area contributed by atoms with Crippen LogP contribution in [-0.4, -0.2) is 30.0 Å². The smallest absolute Gasteiger partial charge is 0.237 e. The lowest BCUT2D eigenvalue weighted by Gasteiger charge is -2.25. The predicted molar refractivity (Wildman–Crippen MR) is 77.8 cm³/mol. The lowest BCUT2D eigenvalue weighted by Crippen LogP contribution is -2.48. The van der Waals surface area contributed by atoms with Gasteiger partial charge in [-0.1, -0.05) is 26.8 Å². The first-order valence-corrected chi connectivity index (χ1v) is 6.59. The standard InChI is InChI=1S/C14H24N4O/c1-14(2,3)12(15)13(19)18-10-6-9-17-11-7-4-5-8-16-11/h4-5,7-8,12H,6,9-10,15H2,1-3H3,(H,16,17)(H,18,19)/t12-/m1/s1. The maximum atomic E-state index is 11.8. The second kappa shape index (κ2) is 7.09. The number of hydrogen-bond acceptors (Lipinski definition) is 4. The molecule has 0 saturated heterocycles. The van der Waals surface area contributed by atoms with E-state index in [9.17, 15) is 4.79 Å². The molecule has 0 saturated carbocycles. The van der Waals surface area contributed by atoms with Gasteiger partial charge in [-0.15, -0.1) is 0 Å². The van der Waals surface area contributed by atoms with Crippen LogP contribution in [0, 0.1) is 5.41 Å². The van der Waals surface area contributed by atoms with Crippen molar-refractivity contribution in [1.29, 1.82) is 0 Å². The molecule has 0 aromatic carbocycles. The Kier molecular flexibility index (Phi) is 5.76. The Hall–Kier alpha value is -1.62. The van der Waals surface area contributed by atoms with Crippen LogP contribution < -0.4 is 16.4 Å². The molecule has 1 aromatic rings. The lowest BCUT2D eigenvalue weighted by atomic mass is 9.87. The summed E-state index contributed by atoms with van der Waals surface area (Å²) in [7, 11) is 0. The fourth-order valence-electron chi connectivity index (χ4n) is 1.49. The summed E-state index contributed by atoms with van der Waals surface area (Å²) in [6.07, 6.45) is 2.58. The van der Waals surface area contributed by atoms with Crippen LogP contribution in [-0.2, 0) is 4.79 Å². The molecule has 0 aliphatic heterocycles. The van der Waals surface area contributed by atoms with E-state index in [-0.39, 0.29) is 11.3 Å². The number of nitrogens with two attached hydrogens (primary N) is 1. The number of carbonyl (C=O) groups excluding carboxylic acids is 1. The van der Waals surface area contributed by atoms with Crippen LogP contribution in [0.1, 0.15) is 27.2 Å². The van der Waals surface area contributed by atoms with E-state index in [1.807, 2.05) is 39.0 Å². The summed E-state index contributed by atoms with van der Waals surface area (Å²) in [5, 5.41) is 6.04. The van der Waals surface area contributed by atoms with Crippen molar-refractivity contribution in [2.24, 2.45) is 11.1 Å². The average Bonchev–Trinajstić information content (AvgIpc) is 2.37. The normalized spacial score (nSPS) is 12.8. The summed E-state index contributed by atoms with van der Waals surface area (Å²) < 4.78 is 0. The number of amides is 1. The first kappa shape index (κ1) is 15.4. The fraction of sp³-hybridized carbons (Fsp3) is 0.571. The zero-order valence-electron chi connectivity index (χ0n) is 11.9. The highest BCUT2D eigenvalue weighted by atomic mass is 16.2. The van der Waals surface area contributed by atoms with Gasteiger partial charge in [0.25, 0.3) is 0 Å². The van der Waals surface area contributed by atoms with E-state index in [1.54, 1.807) is 6.20 Å². The number of nitrogens with zero attached hydrogens (tertiary/aromatic N) is 1. The van der Waals surface area contributed by atoms with Gasteiger partial charge in [0, 0.05) is 19.3 Å². The lowest BCUT2D eigenvalue weighted by molar-refractivity contribution is -0.124. The quantitative estimate of drug-likeness (QED) is 0.678. The number of hydrogen-bond donors (Lipinski definition) is 3. The molecule has 0 unspecified atom stereocenters. The molecule has 1 amide bonds. The molecule has 0 spiro atoms. The molecular weight excluding hydrogens is 240 g/mol. The Labute approximate surface area is 115 Å². The minimum Gasteiger partial charge on any atom is -0.370 e. The third kappa shape index (κ3) is 5.70. The third-order valence-corrected chi connectivity index (χ3v) is 2.84. The molecule has 0 fully saturated rings. The van der Waals surface area contributed by atoms with Gasteiger partial charge in [-0.05, 0) is 24.0 Å². The Morgan fingerprint density at radius 3 is 2.68 bits per heavy atom. The molecule has 0 aliphatic rings. The van der Waals surface area contributed by atoms with Crippen LogP contribution in [0.2, 0.25) is 0 Å². The Morgan fingerprint density at radius 2 is 2.11 bits per heavy atom. The maximum absolute atomic E-state index is 11.8. The van der Waals surface area contributed by atoms with Crippen molar-refractivity contribution in [2.75, 3.05) is 18.4 Å². The average molecular weight is 264 g/mol. The predicted octanol–water partition coefficient (Wildman–Crippen LogP) is 1.37. The van der Waals surface area contributed by atoms with Crippen LogP contribution >= 0.6 is 0 Å². The molecule has 0 radical (unpaired) electrons. The molecule has 1 aromatic heterocycles. The maximum Gasteiger partial charge on any atom is 0.237 e. The van der Waals surface area contributed by atoms with Gasteiger partial charge in [-0.2, -0.15) is 0 Å². The highest BCUT2D eigenvalue weighted by Crippen LogP contribution is 2.16. The summed E-state index contributed by atoms with van der Waals surface area (Å²) in [4.78, 5) is 15.9. The van der Waals surface area contributed by atoms with Crippen LogP contribution in [0.15, 0.2) is 24.4 Å². The van der Waals surface area contributed by atoms with Crippen LogP contribution in [0.25, 0.3) is 0 Å². The van der Waals surface area contributed by atoms with Crippen LogP contribution in [0.4, 0.5) is 5.82 Å². The molecule has 1 rings (SSSR count). The SMILES string of the molecule is CC(C)(C)[C@H](N)C(=O)NCCCNc1ccccn1. The molecule has 106 valence electrons. The first-order chi connectivity index (χ1) is 8.91. The van der Waals surface area contributed by atoms with Gasteiger partial charge in [0.2, 0.25) is 5.91 Å². The monoisotopic (exact) mass is 264 g/mol. The van der Waals surface area contributed by atoms with Crippen molar-refractivity contribution < 1.29 is 4.79 Å². The van der Waals surface area contributed by atoms with Gasteiger partial charge in [-0.3, -0.25) is 4.79 Å². The number of aromatic nitrogens is 1. The first-order valence-electron chi connectivity index (χ1n) is 6.59. The fourth-order valence-corrected chi connectivity index (χ4v) is 1.49. The Balaban J connectivity index is 2.16. The summed E-state index contributed by atoms with van der Waals surface area (Å²) in [6.45, 7) is 7.25. The molecule has 4 N–H and O–H groups in total. The molecule has 0 aliphatic carbocycles. The highest BCUT2D eigenvalue weighted by molar-refractivity contribution is 5.82. The molecule has 5 heteroatoms. The van der Waals surface area contributed by atoms with E-state index >= 15 is 0 Å². The number of anilines is 1. The molecular formula is C14H24N4O. The summed E-state index contributed by atoms with van der Waals surface area (Å²) >= 11 is 0. The van der Waals surface area contributed by atoms with Crippen LogP contribution in [0.3, 0.4) is 0 Å². The molecule has 19 heavy (non-hydrogen) atoms. The second-order valence-corrected chi connectivity index (χ2v) is 5.63. The van der Waals surface area contributed by atoms with Crippen molar-refractivity contribution in [2.45, 2.75) is 33.2 Å². The number of carbonyl (C=O) groups is 1. The minimum atomic E-state index is -0.476. The largest absolute Gasteiger partial charge is 0.370 e. The number of pyridine rings is 1. The minimum absolute atomic E-state index is 0.0923. The second-order valence-electron chi connectivity index (χ2n) is 5.63. The van der Waals surface area contributed by atoms with Gasteiger partial charge < -0.3 is 16.4 Å². The summed E-state index contributed by atoms with van der Waals surface area (Å²) in [6, 6.07) is 5.24. The summed E-state index contributed by atoms with van der Waals surface area (Å²) in [5.74, 6) is 0.755. The Bertz CT molecular complexity index is 386. The van der Waals surface area contributed by atoms with Crippen molar-refractivity contribution in [1.82, 2.24) is 10.3 Å². The highest BCUT2D eigenvalue weighted by Gasteiger charge is 2.26. The van der Waals surface area contributed by atoms with Crippen molar-refractivity contribution in [3.8, 4) is 0 Å². The van der Waals surface area contributed by atoms with E-state index in [0.29, 0.717) is 6.54 Å². The van der Waals surface area contributed by atoms with Crippen molar-refractivity contribution in [3.05, 3.63) is 24.4 Å². The van der Waals surface area contributed by atoms with E-state index in [1.165, 1.54) is 0 Å². The zero-order chi connectivity index (χ0) is 14.3. The third-order valence-electron chi connectivity index (χ3n) is 2.84. The van der Waals surface area contributed by atoms with E-state index < -0.39 is 6.04 Å². The molecule has 1 atom stereocenters. The topological polar surface area (TPSA) is 80.0 Å². The molecule has 1 heterocycles. The molecule has 0 bridgehead atoms. The van der Waals surface area contributed by atoms with Gasteiger partial charge in [0.05, 0.1) is 6.04 Å². The number of rotatable bonds is 6. The van der Waals surface area contributed by atoms with Crippen molar-refractivity contribution >= 4 is 11.7 Å². The van der Waals surface area contributed by atoms with E-state index in [4.69, 9.17) is 5.73 Å². The van der Waals surface area contributed by atoms with Crippen LogP contribution in [0.5, 0.6) is 0 Å². The summed E-state index contributed by atoms with van der Waals surface area (Å²) in [5.41, 5.74) is 5.65. The Morgan fingerprint density at radius 1 is 1.37 bits per heavy atom. The van der Waals surface area contributed by atoms with E-state index in [0.717, 1.165) is 18.8 Å². The van der Waals surface area contributed by atoms with Gasteiger partial charge in [-0.25, -0.2) is 4.98 Å². The zero-order valence-corrected chi connectivity index (χ0v) is 11.9. The van der Waals surface area contributed by atoms with Gasteiger partial charge in [0.1, 0.15) is 5.82 Å². The van der Waals surface area contributed by atoms with E-state index in [2.05, 4.69) is 15.6 Å².